The first kappa shape index (κ1) is 13.4. The molecule has 0 amide bonds. The molecule has 2 aromatic rings. The van der Waals surface area contributed by atoms with Crippen molar-refractivity contribution in [2.45, 2.75) is 13.5 Å². The Morgan fingerprint density at radius 3 is 2.89 bits per heavy atom. The van der Waals surface area contributed by atoms with Crippen LogP contribution in [0.2, 0.25) is 0 Å². The molecule has 1 aromatic heterocycles. The maximum atomic E-state index is 11.1. The number of aromatic nitrogens is 1. The summed E-state index contributed by atoms with van der Waals surface area (Å²) in [5, 5.41) is 13.2. The smallest absolute Gasteiger partial charge is 0.337 e. The second kappa shape index (κ2) is 5.71. The van der Waals surface area contributed by atoms with E-state index in [1.165, 1.54) is 6.07 Å². The summed E-state index contributed by atoms with van der Waals surface area (Å²) in [7, 11) is 1.55. The fraction of sp³-hybridized carbons (Fsp3) is 0.231. The monoisotopic (exact) mass is 278 g/mol. The van der Waals surface area contributed by atoms with Crippen LogP contribution in [0.25, 0.3) is 0 Å². The van der Waals surface area contributed by atoms with Crippen LogP contribution >= 0.6 is 11.3 Å². The lowest BCUT2D eigenvalue weighted by Crippen LogP contribution is -2.06. The van der Waals surface area contributed by atoms with Crippen LogP contribution in [0.15, 0.2) is 24.4 Å². The molecule has 19 heavy (non-hydrogen) atoms. The molecule has 0 atom stereocenters. The number of ether oxygens (including phenoxy) is 1. The predicted octanol–water partition coefficient (Wildman–Crippen LogP) is 2.77. The van der Waals surface area contributed by atoms with Crippen LogP contribution in [0.3, 0.4) is 0 Å². The van der Waals surface area contributed by atoms with Crippen LogP contribution in [0.1, 0.15) is 20.2 Å². The number of hydrogen-bond acceptors (Lipinski definition) is 5. The van der Waals surface area contributed by atoms with Crippen LogP contribution in [-0.2, 0) is 6.54 Å². The third-order valence-corrected chi connectivity index (χ3v) is 3.49. The number of nitrogens with one attached hydrogen (secondary N) is 1. The van der Waals surface area contributed by atoms with Crippen molar-refractivity contribution in [3.05, 3.63) is 39.8 Å². The number of aryl methyl sites for hydroxylation is 1. The number of nitrogens with zero attached hydrogens (tertiary/aromatic N) is 1. The van der Waals surface area contributed by atoms with Gasteiger partial charge in [-0.25, -0.2) is 9.78 Å². The van der Waals surface area contributed by atoms with Crippen molar-refractivity contribution in [3.63, 3.8) is 0 Å². The van der Waals surface area contributed by atoms with E-state index in [1.54, 1.807) is 36.8 Å². The molecular formula is C13H14N2O3S. The number of hydrogen-bond donors (Lipinski definition) is 2. The van der Waals surface area contributed by atoms with Crippen molar-refractivity contribution >= 4 is 23.0 Å². The lowest BCUT2D eigenvalue weighted by Gasteiger charge is -2.10. The number of carboxylic acids is 1. The summed E-state index contributed by atoms with van der Waals surface area (Å²) in [5.41, 5.74) is 0.764. The summed E-state index contributed by atoms with van der Waals surface area (Å²) in [6, 6.07) is 4.84. The highest BCUT2D eigenvalue weighted by molar-refractivity contribution is 7.11. The molecule has 6 heteroatoms. The van der Waals surface area contributed by atoms with Crippen molar-refractivity contribution in [2.24, 2.45) is 0 Å². The van der Waals surface area contributed by atoms with Crippen molar-refractivity contribution in [2.75, 3.05) is 12.4 Å². The zero-order valence-electron chi connectivity index (χ0n) is 10.6. The van der Waals surface area contributed by atoms with Gasteiger partial charge in [0.05, 0.1) is 29.9 Å². The van der Waals surface area contributed by atoms with Gasteiger partial charge in [0, 0.05) is 17.1 Å². The van der Waals surface area contributed by atoms with Gasteiger partial charge in [0.15, 0.2) is 0 Å². The van der Waals surface area contributed by atoms with E-state index in [0.717, 1.165) is 9.88 Å². The average molecular weight is 278 g/mol. The molecule has 2 rings (SSSR count). The number of thiazole rings is 1. The minimum absolute atomic E-state index is 0.224. The predicted molar refractivity (Wildman–Crippen MR) is 74.1 cm³/mol. The number of methoxy groups -OCH3 is 1. The van der Waals surface area contributed by atoms with Gasteiger partial charge in [0.2, 0.25) is 0 Å². The van der Waals surface area contributed by atoms with Crippen LogP contribution in [0.5, 0.6) is 5.75 Å². The lowest BCUT2D eigenvalue weighted by atomic mass is 10.1. The number of rotatable bonds is 5. The molecule has 2 N–H and O–H groups in total. The fourth-order valence-electron chi connectivity index (χ4n) is 1.65. The molecule has 0 aliphatic carbocycles. The van der Waals surface area contributed by atoms with E-state index in [-0.39, 0.29) is 5.56 Å². The molecule has 1 heterocycles. The third kappa shape index (κ3) is 3.23. The van der Waals surface area contributed by atoms with Gasteiger partial charge in [-0.05, 0) is 19.1 Å². The highest BCUT2D eigenvalue weighted by atomic mass is 32.1. The van der Waals surface area contributed by atoms with E-state index < -0.39 is 5.97 Å². The Kier molecular flexibility index (Phi) is 4.01. The van der Waals surface area contributed by atoms with Crippen molar-refractivity contribution in [3.8, 4) is 5.75 Å². The molecule has 0 unspecified atom stereocenters. The minimum Gasteiger partial charge on any atom is -0.497 e. The second-order valence-corrected chi connectivity index (χ2v) is 5.24. The van der Waals surface area contributed by atoms with E-state index in [4.69, 9.17) is 9.84 Å². The summed E-state index contributed by atoms with van der Waals surface area (Å²) >= 11 is 1.58. The topological polar surface area (TPSA) is 71.5 Å². The van der Waals surface area contributed by atoms with Gasteiger partial charge in [-0.3, -0.25) is 0 Å². The summed E-state index contributed by atoms with van der Waals surface area (Å²) in [6.07, 6.45) is 1.79. The average Bonchev–Trinajstić information content (AvgIpc) is 2.81. The number of carboxylic acid groups (broad SMARTS) is 1. The van der Waals surface area contributed by atoms with Crippen LogP contribution < -0.4 is 10.1 Å². The Morgan fingerprint density at radius 1 is 1.53 bits per heavy atom. The summed E-state index contributed by atoms with van der Waals surface area (Å²) in [4.78, 5) is 16.4. The molecule has 5 nitrogen and oxygen atoms in total. The molecule has 0 saturated carbocycles. The third-order valence-electron chi connectivity index (χ3n) is 2.58. The van der Waals surface area contributed by atoms with Crippen molar-refractivity contribution < 1.29 is 14.6 Å². The van der Waals surface area contributed by atoms with E-state index in [1.807, 2.05) is 6.92 Å². The maximum Gasteiger partial charge on any atom is 0.337 e. The lowest BCUT2D eigenvalue weighted by molar-refractivity contribution is 0.0698. The summed E-state index contributed by atoms with van der Waals surface area (Å²) in [6.45, 7) is 2.47. The van der Waals surface area contributed by atoms with Gasteiger partial charge in [-0.2, -0.15) is 0 Å². The van der Waals surface area contributed by atoms with E-state index in [9.17, 15) is 4.79 Å². The summed E-state index contributed by atoms with van der Waals surface area (Å²) in [5.74, 6) is -0.348. The SMILES string of the molecule is COc1ccc(C(=O)O)c(NCc2cnc(C)s2)c1. The highest BCUT2D eigenvalue weighted by Gasteiger charge is 2.11. The van der Waals surface area contributed by atoms with Crippen molar-refractivity contribution in [1.82, 2.24) is 4.98 Å². The first-order valence-corrected chi connectivity index (χ1v) is 6.48. The zero-order chi connectivity index (χ0) is 13.8. The fourth-order valence-corrected chi connectivity index (χ4v) is 2.39. The van der Waals surface area contributed by atoms with Gasteiger partial charge >= 0.3 is 5.97 Å². The second-order valence-electron chi connectivity index (χ2n) is 3.92. The molecule has 1 aromatic carbocycles. The summed E-state index contributed by atoms with van der Waals surface area (Å²) < 4.78 is 5.10. The largest absolute Gasteiger partial charge is 0.497 e. The van der Waals surface area contributed by atoms with Crippen LogP contribution in [0.4, 0.5) is 5.69 Å². The maximum absolute atomic E-state index is 11.1. The normalized spacial score (nSPS) is 10.2. The molecule has 100 valence electrons. The first-order chi connectivity index (χ1) is 9.10. The molecule has 0 bridgehead atoms. The Morgan fingerprint density at radius 2 is 2.32 bits per heavy atom. The zero-order valence-corrected chi connectivity index (χ0v) is 11.5. The van der Waals surface area contributed by atoms with Gasteiger partial charge in [-0.1, -0.05) is 0 Å². The highest BCUT2D eigenvalue weighted by Crippen LogP contribution is 2.24. The molecule has 0 aliphatic rings. The number of benzene rings is 1. The Balaban J connectivity index is 2.19. The number of carbonyl (C=O) groups is 1. The first-order valence-electron chi connectivity index (χ1n) is 5.66. The molecule has 0 fully saturated rings. The van der Waals surface area contributed by atoms with Gasteiger partial charge in [-0.15, -0.1) is 11.3 Å². The Bertz CT molecular complexity index is 595. The standard InChI is InChI=1S/C13H14N2O3S/c1-8-14-6-10(19-8)7-15-12-5-9(18-2)3-4-11(12)13(16)17/h3-6,15H,7H2,1-2H3,(H,16,17). The molecule has 0 aliphatic heterocycles. The molecular weight excluding hydrogens is 264 g/mol. The van der Waals surface area contributed by atoms with E-state index >= 15 is 0 Å². The van der Waals surface area contributed by atoms with Crippen LogP contribution in [0, 0.1) is 6.92 Å². The van der Waals surface area contributed by atoms with Crippen LogP contribution in [-0.4, -0.2) is 23.2 Å². The molecule has 0 saturated heterocycles. The number of anilines is 1. The van der Waals surface area contributed by atoms with Gasteiger partial charge < -0.3 is 15.2 Å². The number of aromatic carboxylic acids is 1. The Labute approximate surface area is 114 Å². The molecule has 0 radical (unpaired) electrons. The van der Waals surface area contributed by atoms with E-state index in [2.05, 4.69) is 10.3 Å². The van der Waals surface area contributed by atoms with Gasteiger partial charge in [0.25, 0.3) is 0 Å². The molecule has 0 spiro atoms. The van der Waals surface area contributed by atoms with Gasteiger partial charge in [0.1, 0.15) is 5.75 Å². The van der Waals surface area contributed by atoms with E-state index in [0.29, 0.717) is 18.0 Å². The van der Waals surface area contributed by atoms with Crippen molar-refractivity contribution in [1.29, 1.82) is 0 Å². The quantitative estimate of drug-likeness (QED) is 0.880. The minimum atomic E-state index is -0.967. The Hall–Kier alpha value is -2.08.